The lowest BCUT2D eigenvalue weighted by atomic mass is 9.75. The van der Waals surface area contributed by atoms with Crippen LogP contribution < -0.4 is 0 Å². The lowest BCUT2D eigenvalue weighted by Crippen LogP contribution is -2.51. The number of halogens is 1. The Kier molecular flexibility index (Phi) is 5.03. The van der Waals surface area contributed by atoms with Crippen molar-refractivity contribution in [3.8, 4) is 5.69 Å². The van der Waals surface area contributed by atoms with Crippen LogP contribution in [-0.4, -0.2) is 38.2 Å². The maximum Gasteiger partial charge on any atom is 0.407 e. The summed E-state index contributed by atoms with van der Waals surface area (Å²) in [4.78, 5) is 17.7. The quantitative estimate of drug-likeness (QED) is 0.566. The highest BCUT2D eigenvalue weighted by molar-refractivity contribution is 6.30. The summed E-state index contributed by atoms with van der Waals surface area (Å²) < 4.78 is 2.16. The van der Waals surface area contributed by atoms with E-state index in [4.69, 9.17) is 11.6 Å². The number of fused-ring (bicyclic) bond motifs is 1. The number of hydrogen-bond acceptors (Lipinski definition) is 2. The van der Waals surface area contributed by atoms with Crippen molar-refractivity contribution >= 4 is 28.6 Å². The van der Waals surface area contributed by atoms with E-state index in [-0.39, 0.29) is 11.5 Å². The van der Waals surface area contributed by atoms with Crippen LogP contribution in [0.4, 0.5) is 4.79 Å². The van der Waals surface area contributed by atoms with Gasteiger partial charge in [0.25, 0.3) is 0 Å². The minimum absolute atomic E-state index is 0.0190. The Morgan fingerprint density at radius 1 is 1.21 bits per heavy atom. The predicted molar refractivity (Wildman–Crippen MR) is 116 cm³/mol. The normalized spacial score (nSPS) is 20.2. The molecule has 152 valence electrons. The number of benzene rings is 1. The van der Waals surface area contributed by atoms with Gasteiger partial charge in [0.2, 0.25) is 0 Å². The first kappa shape index (κ1) is 19.8. The van der Waals surface area contributed by atoms with Gasteiger partial charge in [0.15, 0.2) is 0 Å². The first-order valence-electron chi connectivity index (χ1n) is 9.96. The third-order valence-electron chi connectivity index (χ3n) is 6.03. The van der Waals surface area contributed by atoms with Crippen molar-refractivity contribution < 1.29 is 9.90 Å². The Morgan fingerprint density at radius 2 is 1.93 bits per heavy atom. The number of likely N-dealkylation sites (tertiary alicyclic amines) is 1. The topological polar surface area (TPSA) is 58.4 Å². The molecular weight excluding hydrogens is 386 g/mol. The van der Waals surface area contributed by atoms with E-state index < -0.39 is 6.09 Å². The van der Waals surface area contributed by atoms with Gasteiger partial charge in [-0.2, -0.15) is 0 Å². The number of carboxylic acid groups (broad SMARTS) is 1. The van der Waals surface area contributed by atoms with Gasteiger partial charge in [-0.25, -0.2) is 4.79 Å². The minimum Gasteiger partial charge on any atom is -0.465 e. The van der Waals surface area contributed by atoms with Crippen LogP contribution in [0.3, 0.4) is 0 Å². The molecule has 6 heteroatoms. The average molecular weight is 412 g/mol. The van der Waals surface area contributed by atoms with Crippen LogP contribution in [0.5, 0.6) is 0 Å². The molecule has 2 atom stereocenters. The van der Waals surface area contributed by atoms with Crippen molar-refractivity contribution in [2.45, 2.75) is 45.6 Å². The molecule has 1 N–H and O–H groups in total. The highest BCUT2D eigenvalue weighted by Gasteiger charge is 2.39. The van der Waals surface area contributed by atoms with Crippen LogP contribution in [0.2, 0.25) is 5.02 Å². The maximum atomic E-state index is 11.8. The van der Waals surface area contributed by atoms with E-state index in [1.54, 1.807) is 4.90 Å². The molecule has 1 aromatic carbocycles. The van der Waals surface area contributed by atoms with Crippen molar-refractivity contribution in [3.63, 3.8) is 0 Å². The molecular formula is C23H26ClN3O2. The molecule has 3 heterocycles. The van der Waals surface area contributed by atoms with E-state index in [2.05, 4.69) is 42.6 Å². The van der Waals surface area contributed by atoms with Crippen LogP contribution in [0.25, 0.3) is 16.6 Å². The lowest BCUT2D eigenvalue weighted by Gasteiger charge is -2.44. The number of hydrogen-bond donors (Lipinski definition) is 1. The molecule has 4 rings (SSSR count). The van der Waals surface area contributed by atoms with Gasteiger partial charge in [0, 0.05) is 41.1 Å². The van der Waals surface area contributed by atoms with E-state index in [1.165, 1.54) is 10.9 Å². The first-order valence-corrected chi connectivity index (χ1v) is 10.3. The fourth-order valence-corrected chi connectivity index (χ4v) is 4.66. The molecule has 0 spiro atoms. The van der Waals surface area contributed by atoms with Gasteiger partial charge in [-0.1, -0.05) is 32.4 Å². The Morgan fingerprint density at radius 3 is 2.59 bits per heavy atom. The third kappa shape index (κ3) is 3.71. The Hall–Kier alpha value is -2.53. The lowest BCUT2D eigenvalue weighted by molar-refractivity contribution is 0.0527. The first-order chi connectivity index (χ1) is 13.8. The second-order valence-electron chi connectivity index (χ2n) is 8.90. The summed E-state index contributed by atoms with van der Waals surface area (Å²) in [6, 6.07) is 9.83. The fourth-order valence-electron chi connectivity index (χ4n) is 4.54. The summed E-state index contributed by atoms with van der Waals surface area (Å²) in [6.07, 6.45) is 6.72. The molecule has 0 radical (unpaired) electrons. The van der Waals surface area contributed by atoms with E-state index in [0.29, 0.717) is 17.5 Å². The second-order valence-corrected chi connectivity index (χ2v) is 9.34. The van der Waals surface area contributed by atoms with Crippen molar-refractivity contribution in [1.29, 1.82) is 0 Å². The SMILES string of the molecule is CC(C)(C)C1CC(c2cn(-c3ccc(Cl)cc3)c3cnccc23)CCN1C(=O)O. The summed E-state index contributed by atoms with van der Waals surface area (Å²) in [7, 11) is 0. The molecule has 0 bridgehead atoms. The van der Waals surface area contributed by atoms with Crippen LogP contribution in [0, 0.1) is 5.41 Å². The Balaban J connectivity index is 1.76. The number of pyridine rings is 1. The van der Waals surface area contributed by atoms with Crippen molar-refractivity contribution in [2.75, 3.05) is 6.54 Å². The highest BCUT2D eigenvalue weighted by atomic mass is 35.5. The monoisotopic (exact) mass is 411 g/mol. The standard InChI is InChI=1S/C23H26ClN3O2/c1-23(2,3)21-12-15(9-11-26(21)22(28)29)19-14-27(17-6-4-16(24)5-7-17)20-13-25-10-8-18(19)20/h4-8,10,13-15,21H,9,11-12H2,1-3H3,(H,28,29). The van der Waals surface area contributed by atoms with Crippen molar-refractivity contribution in [3.05, 3.63) is 59.5 Å². The molecule has 29 heavy (non-hydrogen) atoms. The summed E-state index contributed by atoms with van der Waals surface area (Å²) in [6.45, 7) is 6.92. The van der Waals surface area contributed by atoms with E-state index in [9.17, 15) is 9.90 Å². The zero-order chi connectivity index (χ0) is 20.8. The van der Waals surface area contributed by atoms with Gasteiger partial charge >= 0.3 is 6.09 Å². The summed E-state index contributed by atoms with van der Waals surface area (Å²) in [5, 5.41) is 11.6. The van der Waals surface area contributed by atoms with Crippen LogP contribution in [0.15, 0.2) is 48.9 Å². The average Bonchev–Trinajstić information content (AvgIpc) is 3.07. The van der Waals surface area contributed by atoms with Crippen LogP contribution in [-0.2, 0) is 0 Å². The Bertz CT molecular complexity index is 1040. The zero-order valence-electron chi connectivity index (χ0n) is 17.0. The van der Waals surface area contributed by atoms with Gasteiger partial charge in [-0.05, 0) is 60.1 Å². The molecule has 1 amide bonds. The molecule has 0 aliphatic carbocycles. The molecule has 1 aliphatic heterocycles. The third-order valence-corrected chi connectivity index (χ3v) is 6.28. The number of nitrogens with zero attached hydrogens (tertiary/aromatic N) is 3. The molecule has 2 unspecified atom stereocenters. The summed E-state index contributed by atoms with van der Waals surface area (Å²) in [5.74, 6) is 0.299. The molecule has 0 saturated carbocycles. The highest BCUT2D eigenvalue weighted by Crippen LogP contribution is 2.42. The molecule has 5 nitrogen and oxygen atoms in total. The van der Waals surface area contributed by atoms with Gasteiger partial charge in [0.05, 0.1) is 11.7 Å². The zero-order valence-corrected chi connectivity index (χ0v) is 17.7. The van der Waals surface area contributed by atoms with Gasteiger partial charge in [-0.15, -0.1) is 0 Å². The number of aromatic nitrogens is 2. The van der Waals surface area contributed by atoms with E-state index in [0.717, 1.165) is 24.0 Å². The smallest absolute Gasteiger partial charge is 0.407 e. The van der Waals surface area contributed by atoms with E-state index >= 15 is 0 Å². The summed E-state index contributed by atoms with van der Waals surface area (Å²) in [5.41, 5.74) is 3.23. The fraction of sp³-hybridized carbons (Fsp3) is 0.391. The predicted octanol–water partition coefficient (Wildman–Crippen LogP) is 5.95. The molecule has 1 saturated heterocycles. The van der Waals surface area contributed by atoms with Crippen LogP contribution >= 0.6 is 11.6 Å². The van der Waals surface area contributed by atoms with Gasteiger partial charge < -0.3 is 14.6 Å². The Labute approximate surface area is 175 Å². The molecule has 1 aliphatic rings. The van der Waals surface area contributed by atoms with Gasteiger partial charge in [0.1, 0.15) is 0 Å². The van der Waals surface area contributed by atoms with Gasteiger partial charge in [-0.3, -0.25) is 4.98 Å². The number of amides is 1. The molecule has 1 fully saturated rings. The minimum atomic E-state index is -0.823. The number of rotatable bonds is 2. The van der Waals surface area contributed by atoms with Crippen molar-refractivity contribution in [1.82, 2.24) is 14.5 Å². The number of carbonyl (C=O) groups is 1. The van der Waals surface area contributed by atoms with Crippen LogP contribution in [0.1, 0.15) is 45.1 Å². The van der Waals surface area contributed by atoms with E-state index in [1.807, 2.05) is 36.7 Å². The summed E-state index contributed by atoms with van der Waals surface area (Å²) >= 11 is 6.07. The number of piperidine rings is 1. The second kappa shape index (κ2) is 7.38. The largest absolute Gasteiger partial charge is 0.465 e. The van der Waals surface area contributed by atoms with Crippen molar-refractivity contribution in [2.24, 2.45) is 5.41 Å². The maximum absolute atomic E-state index is 11.8. The molecule has 3 aromatic rings. The molecule has 2 aromatic heterocycles.